The molecule has 1 aromatic rings. The number of carbonyl (C=O) groups excluding carboxylic acids is 2. The Morgan fingerprint density at radius 3 is 2.53 bits per heavy atom. The van der Waals surface area contributed by atoms with Gasteiger partial charge in [-0.25, -0.2) is 0 Å². The van der Waals surface area contributed by atoms with Gasteiger partial charge in [-0.2, -0.15) is 0 Å². The van der Waals surface area contributed by atoms with Gasteiger partial charge in [0, 0.05) is 0 Å². The zero-order chi connectivity index (χ0) is 12.7. The van der Waals surface area contributed by atoms with E-state index in [2.05, 4.69) is 10.9 Å². The molecule has 2 amide bonds. The van der Waals surface area contributed by atoms with E-state index in [1.165, 1.54) is 0 Å². The molecule has 0 spiro atoms. The molecular weight excluding hydrogens is 222 g/mol. The molecule has 0 aliphatic carbocycles. The molecule has 0 aliphatic rings. The number of hydrazine groups is 1. The van der Waals surface area contributed by atoms with Gasteiger partial charge in [-0.15, -0.1) is 0 Å². The van der Waals surface area contributed by atoms with Gasteiger partial charge in [-0.3, -0.25) is 20.4 Å². The molecule has 4 N–H and O–H groups in total. The van der Waals surface area contributed by atoms with E-state index in [-0.39, 0.29) is 13.2 Å². The average Bonchev–Trinajstić information content (AvgIpc) is 2.35. The molecule has 0 unspecified atom stereocenters. The van der Waals surface area contributed by atoms with Crippen molar-refractivity contribution in [2.24, 2.45) is 5.73 Å². The lowest BCUT2D eigenvalue weighted by Crippen LogP contribution is -2.46. The van der Waals surface area contributed by atoms with Crippen LogP contribution >= 0.6 is 0 Å². The first-order chi connectivity index (χ1) is 8.13. The van der Waals surface area contributed by atoms with Gasteiger partial charge in [-0.1, -0.05) is 18.2 Å². The van der Waals surface area contributed by atoms with Gasteiger partial charge < -0.3 is 10.5 Å². The smallest absolute Gasteiger partial charge is 0.276 e. The van der Waals surface area contributed by atoms with Crippen molar-refractivity contribution >= 4 is 11.8 Å². The van der Waals surface area contributed by atoms with Crippen LogP contribution in [-0.2, 0) is 9.59 Å². The highest BCUT2D eigenvalue weighted by atomic mass is 16.5. The van der Waals surface area contributed by atoms with Crippen molar-refractivity contribution in [1.29, 1.82) is 0 Å². The van der Waals surface area contributed by atoms with Gasteiger partial charge in [0.25, 0.3) is 11.8 Å². The molecule has 0 aliphatic heterocycles. The quantitative estimate of drug-likeness (QED) is 0.614. The molecule has 92 valence electrons. The van der Waals surface area contributed by atoms with Gasteiger partial charge in [0.15, 0.2) is 6.61 Å². The summed E-state index contributed by atoms with van der Waals surface area (Å²) in [7, 11) is 0. The van der Waals surface area contributed by atoms with Gasteiger partial charge in [0.05, 0.1) is 6.54 Å². The number of hydrogen-bond acceptors (Lipinski definition) is 4. The normalized spacial score (nSPS) is 9.53. The minimum atomic E-state index is -0.464. The standard InChI is InChI=1S/C11H15N3O3/c1-8-4-2-3-5-9(8)17-7-11(16)14-13-10(15)6-12/h2-5H,6-7,12H2,1H3,(H,13,15)(H,14,16). The molecule has 0 fully saturated rings. The minimum Gasteiger partial charge on any atom is -0.483 e. The van der Waals surface area contributed by atoms with Crippen molar-refractivity contribution in [3.63, 3.8) is 0 Å². The Morgan fingerprint density at radius 1 is 1.24 bits per heavy atom. The molecule has 0 aromatic heterocycles. The van der Waals surface area contributed by atoms with E-state index in [4.69, 9.17) is 10.5 Å². The van der Waals surface area contributed by atoms with Crippen molar-refractivity contribution in [3.05, 3.63) is 29.8 Å². The average molecular weight is 237 g/mol. The van der Waals surface area contributed by atoms with E-state index >= 15 is 0 Å². The largest absolute Gasteiger partial charge is 0.483 e. The number of rotatable bonds is 4. The van der Waals surface area contributed by atoms with Crippen LogP contribution in [0.2, 0.25) is 0 Å². The number of ether oxygens (including phenoxy) is 1. The predicted octanol–water partition coefficient (Wildman–Crippen LogP) is -0.520. The summed E-state index contributed by atoms with van der Waals surface area (Å²) in [6, 6.07) is 7.34. The Kier molecular flexibility index (Phi) is 4.96. The van der Waals surface area contributed by atoms with Crippen LogP contribution in [0.5, 0.6) is 5.75 Å². The Morgan fingerprint density at radius 2 is 1.88 bits per heavy atom. The topological polar surface area (TPSA) is 93.5 Å². The monoisotopic (exact) mass is 237 g/mol. The first-order valence-corrected chi connectivity index (χ1v) is 5.09. The zero-order valence-corrected chi connectivity index (χ0v) is 9.53. The molecule has 17 heavy (non-hydrogen) atoms. The van der Waals surface area contributed by atoms with Crippen molar-refractivity contribution in [2.45, 2.75) is 6.92 Å². The molecule has 1 rings (SSSR count). The van der Waals surface area contributed by atoms with Crippen LogP contribution in [0, 0.1) is 6.92 Å². The number of carbonyl (C=O) groups is 2. The van der Waals surface area contributed by atoms with Gasteiger partial charge >= 0.3 is 0 Å². The molecule has 0 bridgehead atoms. The first-order valence-electron chi connectivity index (χ1n) is 5.09. The van der Waals surface area contributed by atoms with Gasteiger partial charge in [0.1, 0.15) is 5.75 Å². The number of nitrogens with two attached hydrogens (primary N) is 1. The molecule has 0 atom stereocenters. The van der Waals surface area contributed by atoms with Gasteiger partial charge in [0.2, 0.25) is 0 Å². The Bertz CT molecular complexity index is 407. The van der Waals surface area contributed by atoms with Crippen LogP contribution in [0.1, 0.15) is 5.56 Å². The summed E-state index contributed by atoms with van der Waals surface area (Å²) in [4.78, 5) is 22.0. The molecular formula is C11H15N3O3. The Balaban J connectivity index is 2.34. The molecule has 0 saturated carbocycles. The van der Waals surface area contributed by atoms with E-state index in [0.717, 1.165) is 5.56 Å². The van der Waals surface area contributed by atoms with E-state index in [1.54, 1.807) is 6.07 Å². The molecule has 6 heteroatoms. The molecule has 0 heterocycles. The van der Waals surface area contributed by atoms with Crippen molar-refractivity contribution < 1.29 is 14.3 Å². The number of nitrogens with one attached hydrogen (secondary N) is 2. The molecule has 0 saturated heterocycles. The third-order valence-electron chi connectivity index (χ3n) is 1.98. The fourth-order valence-corrected chi connectivity index (χ4v) is 1.09. The van der Waals surface area contributed by atoms with Crippen LogP contribution in [0.4, 0.5) is 0 Å². The molecule has 1 aromatic carbocycles. The van der Waals surface area contributed by atoms with E-state index in [9.17, 15) is 9.59 Å². The van der Waals surface area contributed by atoms with E-state index in [1.807, 2.05) is 25.1 Å². The second-order valence-corrected chi connectivity index (χ2v) is 3.35. The maximum Gasteiger partial charge on any atom is 0.276 e. The van der Waals surface area contributed by atoms with Crippen molar-refractivity contribution in [3.8, 4) is 5.75 Å². The highest BCUT2D eigenvalue weighted by Crippen LogP contribution is 2.15. The van der Waals surface area contributed by atoms with Gasteiger partial charge in [-0.05, 0) is 18.6 Å². The minimum absolute atomic E-state index is 0.171. The van der Waals surface area contributed by atoms with Crippen LogP contribution in [-0.4, -0.2) is 25.0 Å². The fraction of sp³-hybridized carbons (Fsp3) is 0.273. The number of hydrogen-bond donors (Lipinski definition) is 3. The third kappa shape index (κ3) is 4.52. The number of para-hydroxylation sites is 1. The summed E-state index contributed by atoms with van der Waals surface area (Å²) >= 11 is 0. The maximum absolute atomic E-state index is 11.3. The van der Waals surface area contributed by atoms with Crippen LogP contribution in [0.25, 0.3) is 0 Å². The SMILES string of the molecule is Cc1ccccc1OCC(=O)NNC(=O)CN. The summed E-state index contributed by atoms with van der Waals surface area (Å²) in [5, 5.41) is 0. The maximum atomic E-state index is 11.3. The summed E-state index contributed by atoms with van der Waals surface area (Å²) in [6.45, 7) is 1.53. The van der Waals surface area contributed by atoms with Crippen LogP contribution in [0.3, 0.4) is 0 Å². The lowest BCUT2D eigenvalue weighted by molar-refractivity contribution is -0.129. The van der Waals surface area contributed by atoms with Crippen LogP contribution in [0.15, 0.2) is 24.3 Å². The number of aryl methyl sites for hydroxylation is 1. The Labute approximate surface area is 99.1 Å². The second-order valence-electron chi connectivity index (χ2n) is 3.35. The van der Waals surface area contributed by atoms with Crippen LogP contribution < -0.4 is 21.3 Å². The molecule has 6 nitrogen and oxygen atoms in total. The second kappa shape index (κ2) is 6.49. The summed E-state index contributed by atoms with van der Waals surface area (Å²) in [5.41, 5.74) is 10.3. The van der Waals surface area contributed by atoms with E-state index < -0.39 is 11.8 Å². The Hall–Kier alpha value is -2.08. The summed E-state index contributed by atoms with van der Waals surface area (Å²) in [5.74, 6) is -0.280. The highest BCUT2D eigenvalue weighted by molar-refractivity contribution is 5.83. The lowest BCUT2D eigenvalue weighted by atomic mass is 10.2. The number of amides is 2. The number of benzene rings is 1. The lowest BCUT2D eigenvalue weighted by Gasteiger charge is -2.09. The zero-order valence-electron chi connectivity index (χ0n) is 9.53. The predicted molar refractivity (Wildman–Crippen MR) is 62.0 cm³/mol. The highest BCUT2D eigenvalue weighted by Gasteiger charge is 2.05. The van der Waals surface area contributed by atoms with E-state index in [0.29, 0.717) is 5.75 Å². The first kappa shape index (κ1) is 13.0. The van der Waals surface area contributed by atoms with Crippen molar-refractivity contribution in [1.82, 2.24) is 10.9 Å². The molecule has 0 radical (unpaired) electrons. The van der Waals surface area contributed by atoms with Crippen molar-refractivity contribution in [2.75, 3.05) is 13.2 Å². The summed E-state index contributed by atoms with van der Waals surface area (Å²) < 4.78 is 5.27. The third-order valence-corrected chi connectivity index (χ3v) is 1.98. The summed E-state index contributed by atoms with van der Waals surface area (Å²) in [6.07, 6.45) is 0. The fourth-order valence-electron chi connectivity index (χ4n) is 1.09.